The van der Waals surface area contributed by atoms with E-state index in [0.29, 0.717) is 23.6 Å². The Labute approximate surface area is 174 Å². The molecule has 0 aliphatic rings. The first-order valence-electron chi connectivity index (χ1n) is 9.58. The maximum atomic E-state index is 12.8. The molecule has 0 unspecified atom stereocenters. The number of carbonyl (C=O) groups excluding carboxylic acids is 1. The predicted octanol–water partition coefficient (Wildman–Crippen LogP) is 5.08. The van der Waals surface area contributed by atoms with Gasteiger partial charge in [-0.1, -0.05) is 35.0 Å². The third-order valence-corrected chi connectivity index (χ3v) is 4.68. The molecule has 6 nitrogen and oxygen atoms in total. The minimum Gasteiger partial charge on any atom is -0.457 e. The number of pyridine rings is 1. The number of aryl methyl sites for hydroxylation is 2. The highest BCUT2D eigenvalue weighted by Gasteiger charge is 2.21. The van der Waals surface area contributed by atoms with E-state index in [0.717, 1.165) is 22.6 Å². The zero-order valence-electron chi connectivity index (χ0n) is 16.8. The normalized spacial score (nSPS) is 10.6. The van der Waals surface area contributed by atoms with Crippen LogP contribution in [0.2, 0.25) is 0 Å². The van der Waals surface area contributed by atoms with Crippen LogP contribution < -0.4 is 10.1 Å². The van der Waals surface area contributed by atoms with Crippen molar-refractivity contribution in [1.82, 2.24) is 15.5 Å². The van der Waals surface area contributed by atoms with Crippen LogP contribution in [0.4, 0.5) is 0 Å². The number of nitrogens with one attached hydrogen (secondary N) is 1. The second-order valence-electron chi connectivity index (χ2n) is 6.94. The first kappa shape index (κ1) is 19.4. The number of ether oxygens (including phenoxy) is 1. The molecule has 0 aliphatic heterocycles. The maximum Gasteiger partial charge on any atom is 0.257 e. The molecule has 0 aliphatic carbocycles. The maximum absolute atomic E-state index is 12.8. The highest BCUT2D eigenvalue weighted by molar-refractivity contribution is 6.00. The van der Waals surface area contributed by atoms with Gasteiger partial charge in [0, 0.05) is 24.5 Å². The van der Waals surface area contributed by atoms with Crippen molar-refractivity contribution >= 4 is 5.91 Å². The van der Waals surface area contributed by atoms with E-state index >= 15 is 0 Å². The number of hydrogen-bond donors (Lipinski definition) is 1. The number of aromatic nitrogens is 2. The van der Waals surface area contributed by atoms with Gasteiger partial charge in [0.2, 0.25) is 0 Å². The molecule has 0 saturated carbocycles. The third kappa shape index (κ3) is 4.38. The average molecular weight is 399 g/mol. The standard InChI is InChI=1S/C24H21N3O3/c1-16-3-7-20(8-4-16)29-21-9-5-18(6-10-21)15-26-24(28)22-17(2)30-27-23(22)19-11-13-25-14-12-19/h3-14H,15H2,1-2H3,(H,26,28). The molecular formula is C24H21N3O3. The van der Waals surface area contributed by atoms with Crippen molar-refractivity contribution in [3.05, 3.63) is 95.5 Å². The molecule has 0 bridgehead atoms. The van der Waals surface area contributed by atoms with Crippen molar-refractivity contribution in [1.29, 1.82) is 0 Å². The largest absolute Gasteiger partial charge is 0.457 e. The monoisotopic (exact) mass is 399 g/mol. The smallest absolute Gasteiger partial charge is 0.257 e. The summed E-state index contributed by atoms with van der Waals surface area (Å²) in [5, 5.41) is 6.97. The Morgan fingerprint density at radius 2 is 1.57 bits per heavy atom. The van der Waals surface area contributed by atoms with E-state index in [1.807, 2.05) is 55.5 Å². The van der Waals surface area contributed by atoms with Crippen LogP contribution in [0, 0.1) is 13.8 Å². The Morgan fingerprint density at radius 1 is 0.933 bits per heavy atom. The predicted molar refractivity (Wildman–Crippen MR) is 113 cm³/mol. The summed E-state index contributed by atoms with van der Waals surface area (Å²) >= 11 is 0. The first-order valence-corrected chi connectivity index (χ1v) is 9.58. The van der Waals surface area contributed by atoms with Crippen LogP contribution in [0.5, 0.6) is 11.5 Å². The minimum absolute atomic E-state index is 0.236. The molecule has 0 fully saturated rings. The Morgan fingerprint density at radius 3 is 2.23 bits per heavy atom. The number of benzene rings is 2. The summed E-state index contributed by atoms with van der Waals surface area (Å²) in [5.41, 5.74) is 3.86. The zero-order valence-corrected chi connectivity index (χ0v) is 16.8. The fourth-order valence-electron chi connectivity index (χ4n) is 3.03. The number of rotatable bonds is 6. The summed E-state index contributed by atoms with van der Waals surface area (Å²) in [7, 11) is 0. The Hall–Kier alpha value is -3.93. The van der Waals surface area contributed by atoms with E-state index in [1.54, 1.807) is 31.5 Å². The van der Waals surface area contributed by atoms with Gasteiger partial charge in [0.1, 0.15) is 28.5 Å². The lowest BCUT2D eigenvalue weighted by atomic mass is 10.1. The van der Waals surface area contributed by atoms with Gasteiger partial charge in [-0.2, -0.15) is 0 Å². The van der Waals surface area contributed by atoms with Gasteiger partial charge < -0.3 is 14.6 Å². The van der Waals surface area contributed by atoms with Crippen molar-refractivity contribution in [2.24, 2.45) is 0 Å². The quantitative estimate of drug-likeness (QED) is 0.489. The van der Waals surface area contributed by atoms with Crippen LogP contribution >= 0.6 is 0 Å². The van der Waals surface area contributed by atoms with E-state index in [1.165, 1.54) is 5.56 Å². The van der Waals surface area contributed by atoms with E-state index in [4.69, 9.17) is 9.26 Å². The molecule has 30 heavy (non-hydrogen) atoms. The molecule has 2 heterocycles. The minimum atomic E-state index is -0.236. The summed E-state index contributed by atoms with van der Waals surface area (Å²) in [5.74, 6) is 1.76. The number of carbonyl (C=O) groups is 1. The summed E-state index contributed by atoms with van der Waals surface area (Å²) in [4.78, 5) is 16.8. The van der Waals surface area contributed by atoms with E-state index in [-0.39, 0.29) is 5.91 Å². The van der Waals surface area contributed by atoms with Crippen molar-refractivity contribution in [2.45, 2.75) is 20.4 Å². The van der Waals surface area contributed by atoms with E-state index < -0.39 is 0 Å². The van der Waals surface area contributed by atoms with Gasteiger partial charge in [-0.05, 0) is 55.8 Å². The van der Waals surface area contributed by atoms with Crippen molar-refractivity contribution in [3.63, 3.8) is 0 Å². The Balaban J connectivity index is 1.41. The lowest BCUT2D eigenvalue weighted by Crippen LogP contribution is -2.23. The van der Waals surface area contributed by atoms with Crippen LogP contribution in [0.15, 0.2) is 77.6 Å². The summed E-state index contributed by atoms with van der Waals surface area (Å²) < 4.78 is 11.1. The van der Waals surface area contributed by atoms with Crippen LogP contribution in [0.25, 0.3) is 11.3 Å². The number of amides is 1. The van der Waals surface area contributed by atoms with Gasteiger partial charge in [-0.25, -0.2) is 0 Å². The molecule has 0 spiro atoms. The molecule has 0 atom stereocenters. The molecule has 1 N–H and O–H groups in total. The zero-order chi connectivity index (χ0) is 20.9. The molecule has 2 aromatic carbocycles. The Bertz CT molecular complexity index is 1130. The third-order valence-electron chi connectivity index (χ3n) is 4.68. The summed E-state index contributed by atoms with van der Waals surface area (Å²) in [6, 6.07) is 19.1. The van der Waals surface area contributed by atoms with Crippen molar-refractivity contribution < 1.29 is 14.1 Å². The van der Waals surface area contributed by atoms with Crippen molar-refractivity contribution in [3.8, 4) is 22.8 Å². The molecule has 1 amide bonds. The molecular weight excluding hydrogens is 378 g/mol. The van der Waals surface area contributed by atoms with Gasteiger partial charge in [-0.3, -0.25) is 9.78 Å². The first-order chi connectivity index (χ1) is 14.6. The summed E-state index contributed by atoms with van der Waals surface area (Å²) in [6.45, 7) is 4.14. The van der Waals surface area contributed by atoms with Crippen LogP contribution in [0.3, 0.4) is 0 Å². The number of nitrogens with zero attached hydrogens (tertiary/aromatic N) is 2. The molecule has 0 radical (unpaired) electrons. The van der Waals surface area contributed by atoms with E-state index in [2.05, 4.69) is 15.5 Å². The summed E-state index contributed by atoms with van der Waals surface area (Å²) in [6.07, 6.45) is 3.31. The molecule has 4 aromatic rings. The molecule has 6 heteroatoms. The second-order valence-corrected chi connectivity index (χ2v) is 6.94. The average Bonchev–Trinajstić information content (AvgIpc) is 3.17. The van der Waals surface area contributed by atoms with Crippen LogP contribution in [-0.2, 0) is 6.54 Å². The van der Waals surface area contributed by atoms with E-state index in [9.17, 15) is 4.79 Å². The SMILES string of the molecule is Cc1ccc(Oc2ccc(CNC(=O)c3c(-c4ccncc4)noc3C)cc2)cc1. The molecule has 0 saturated heterocycles. The second kappa shape index (κ2) is 8.61. The molecule has 4 rings (SSSR count). The molecule has 2 aromatic heterocycles. The van der Waals surface area contributed by atoms with Crippen LogP contribution in [-0.4, -0.2) is 16.0 Å². The number of hydrogen-bond acceptors (Lipinski definition) is 5. The highest BCUT2D eigenvalue weighted by Crippen LogP contribution is 2.25. The lowest BCUT2D eigenvalue weighted by molar-refractivity contribution is 0.0950. The van der Waals surface area contributed by atoms with Gasteiger partial charge >= 0.3 is 0 Å². The van der Waals surface area contributed by atoms with Gasteiger partial charge in [-0.15, -0.1) is 0 Å². The van der Waals surface area contributed by atoms with Crippen molar-refractivity contribution in [2.75, 3.05) is 0 Å². The fourth-order valence-corrected chi connectivity index (χ4v) is 3.03. The van der Waals surface area contributed by atoms with Gasteiger partial charge in [0.25, 0.3) is 5.91 Å². The molecule has 150 valence electrons. The van der Waals surface area contributed by atoms with Gasteiger partial charge in [0.05, 0.1) is 0 Å². The van der Waals surface area contributed by atoms with Crippen LogP contribution in [0.1, 0.15) is 27.2 Å². The highest BCUT2D eigenvalue weighted by atomic mass is 16.5. The Kier molecular flexibility index (Phi) is 5.57. The van der Waals surface area contributed by atoms with Gasteiger partial charge in [0.15, 0.2) is 0 Å². The topological polar surface area (TPSA) is 77.2 Å². The lowest BCUT2D eigenvalue weighted by Gasteiger charge is -2.08. The fraction of sp³-hybridized carbons (Fsp3) is 0.125.